The van der Waals surface area contributed by atoms with E-state index in [0.29, 0.717) is 36.5 Å². The summed E-state index contributed by atoms with van der Waals surface area (Å²) in [6.45, 7) is 6.47. The van der Waals surface area contributed by atoms with Crippen molar-refractivity contribution in [2.45, 2.75) is 39.3 Å². The van der Waals surface area contributed by atoms with E-state index in [4.69, 9.17) is 9.47 Å². The summed E-state index contributed by atoms with van der Waals surface area (Å²) in [5.74, 6) is -0.372. The van der Waals surface area contributed by atoms with Crippen LogP contribution >= 0.6 is 0 Å². The summed E-state index contributed by atoms with van der Waals surface area (Å²) >= 11 is 0. The highest BCUT2D eigenvalue weighted by molar-refractivity contribution is 5.99. The fraction of sp³-hybridized carbons (Fsp3) is 0.480. The molecule has 1 aliphatic heterocycles. The zero-order valence-corrected chi connectivity index (χ0v) is 20.9. The maximum Gasteiger partial charge on any atom is 0.274 e. The second-order valence-corrected chi connectivity index (χ2v) is 8.76. The average molecular weight is 484 g/mol. The van der Waals surface area contributed by atoms with E-state index in [1.54, 1.807) is 49.1 Å². The number of carbonyl (C=O) groups is 3. The monoisotopic (exact) mass is 483 g/mol. The number of hydrogen-bond donors (Lipinski definition) is 1. The maximum atomic E-state index is 13.4. The number of ether oxygens (including phenoxy) is 2. The van der Waals surface area contributed by atoms with Crippen molar-refractivity contribution in [2.75, 3.05) is 39.2 Å². The van der Waals surface area contributed by atoms with Gasteiger partial charge in [0.1, 0.15) is 18.1 Å². The van der Waals surface area contributed by atoms with Crippen LogP contribution in [0.5, 0.6) is 5.75 Å². The number of methoxy groups -OCH3 is 1. The van der Waals surface area contributed by atoms with Gasteiger partial charge in [-0.3, -0.25) is 19.4 Å². The van der Waals surface area contributed by atoms with Crippen molar-refractivity contribution < 1.29 is 23.9 Å². The molecule has 3 rings (SSSR count). The molecule has 0 aliphatic carbocycles. The van der Waals surface area contributed by atoms with Crippen molar-refractivity contribution in [3.05, 3.63) is 48.0 Å². The molecule has 2 heterocycles. The highest BCUT2D eigenvalue weighted by Gasteiger charge is 2.31. The van der Waals surface area contributed by atoms with Gasteiger partial charge in [0.05, 0.1) is 23.9 Å². The molecule has 0 saturated heterocycles. The molecule has 3 amide bonds. The third-order valence-electron chi connectivity index (χ3n) is 6.09. The Kier molecular flexibility index (Phi) is 8.75. The first kappa shape index (κ1) is 26.1. The first-order valence-electron chi connectivity index (χ1n) is 11.7. The molecule has 1 aromatic heterocycles. The van der Waals surface area contributed by atoms with E-state index in [2.05, 4.69) is 15.3 Å². The number of fused-ring (bicyclic) bond motifs is 1. The summed E-state index contributed by atoms with van der Waals surface area (Å²) in [6, 6.07) is 4.64. The van der Waals surface area contributed by atoms with Gasteiger partial charge in [0.25, 0.3) is 11.8 Å². The van der Waals surface area contributed by atoms with E-state index in [1.807, 2.05) is 13.8 Å². The number of carbonyl (C=O) groups excluding carboxylic acids is 3. The molecule has 1 aliphatic rings. The summed E-state index contributed by atoms with van der Waals surface area (Å²) in [4.78, 5) is 50.0. The molecule has 0 radical (unpaired) electrons. The van der Waals surface area contributed by atoms with Gasteiger partial charge in [0.2, 0.25) is 5.91 Å². The molecular weight excluding hydrogens is 450 g/mol. The third-order valence-corrected chi connectivity index (χ3v) is 6.09. The van der Waals surface area contributed by atoms with E-state index < -0.39 is 0 Å². The van der Waals surface area contributed by atoms with Gasteiger partial charge in [-0.2, -0.15) is 0 Å². The van der Waals surface area contributed by atoms with Gasteiger partial charge in [0.15, 0.2) is 0 Å². The van der Waals surface area contributed by atoms with Crippen LogP contribution in [0.2, 0.25) is 0 Å². The molecule has 0 spiro atoms. The molecule has 0 unspecified atom stereocenters. The topological polar surface area (TPSA) is 114 Å². The average Bonchev–Trinajstić information content (AvgIpc) is 2.88. The Morgan fingerprint density at radius 2 is 2.00 bits per heavy atom. The Balaban J connectivity index is 1.98. The molecular formula is C25H33N5O5. The Morgan fingerprint density at radius 1 is 1.23 bits per heavy atom. The second kappa shape index (κ2) is 11.7. The fourth-order valence-electron chi connectivity index (χ4n) is 3.94. The number of hydrogen-bond acceptors (Lipinski definition) is 7. The summed E-state index contributed by atoms with van der Waals surface area (Å²) in [5.41, 5.74) is 1.08. The Hall–Kier alpha value is -3.53. The van der Waals surface area contributed by atoms with Crippen molar-refractivity contribution in [3.63, 3.8) is 0 Å². The van der Waals surface area contributed by atoms with Gasteiger partial charge in [-0.25, -0.2) is 4.98 Å². The molecule has 0 fully saturated rings. The lowest BCUT2D eigenvalue weighted by atomic mass is 10.0. The van der Waals surface area contributed by atoms with Gasteiger partial charge in [-0.05, 0) is 25.1 Å². The van der Waals surface area contributed by atoms with Crippen LogP contribution in [-0.4, -0.2) is 83.5 Å². The van der Waals surface area contributed by atoms with E-state index >= 15 is 0 Å². The largest absolute Gasteiger partial charge is 0.491 e. The predicted octanol–water partition coefficient (Wildman–Crippen LogP) is 2.47. The third kappa shape index (κ3) is 6.33. The zero-order chi connectivity index (χ0) is 25.5. The normalized spacial score (nSPS) is 21.3. The van der Waals surface area contributed by atoms with Crippen molar-refractivity contribution in [2.24, 2.45) is 5.92 Å². The number of nitrogens with one attached hydrogen (secondary N) is 1. The Labute approximate surface area is 205 Å². The molecule has 188 valence electrons. The highest BCUT2D eigenvalue weighted by Crippen LogP contribution is 2.27. The molecule has 1 N–H and O–H groups in total. The number of likely N-dealkylation sites (N-methyl/N-ethyl adjacent to an activating group) is 1. The van der Waals surface area contributed by atoms with E-state index in [-0.39, 0.29) is 48.1 Å². The first-order chi connectivity index (χ1) is 16.7. The number of aromatic nitrogens is 2. The summed E-state index contributed by atoms with van der Waals surface area (Å²) < 4.78 is 11.8. The maximum absolute atomic E-state index is 13.4. The molecule has 3 atom stereocenters. The molecule has 10 heteroatoms. The van der Waals surface area contributed by atoms with Gasteiger partial charge in [0, 0.05) is 57.7 Å². The lowest BCUT2D eigenvalue weighted by molar-refractivity contribution is -0.115. The summed E-state index contributed by atoms with van der Waals surface area (Å²) in [5, 5.41) is 2.78. The molecule has 35 heavy (non-hydrogen) atoms. The minimum atomic E-state index is -0.330. The van der Waals surface area contributed by atoms with Crippen LogP contribution in [0.1, 0.15) is 48.0 Å². The highest BCUT2D eigenvalue weighted by atomic mass is 16.5. The predicted molar refractivity (Wildman–Crippen MR) is 130 cm³/mol. The zero-order valence-electron chi connectivity index (χ0n) is 20.9. The van der Waals surface area contributed by atoms with Crippen molar-refractivity contribution >= 4 is 23.4 Å². The SMILES string of the molecule is CCC(=O)Nc1ccc2c(c1)C(=O)N(C)C[C@H](OC)[C@H](C)CN(C(=O)c1cnccn1)[C@@H](C)CO2. The number of amides is 3. The van der Waals surface area contributed by atoms with Crippen LogP contribution in [0.3, 0.4) is 0 Å². The molecule has 2 aromatic rings. The summed E-state index contributed by atoms with van der Waals surface area (Å²) in [7, 11) is 3.29. The van der Waals surface area contributed by atoms with Gasteiger partial charge in [-0.15, -0.1) is 0 Å². The van der Waals surface area contributed by atoms with Crippen molar-refractivity contribution in [3.8, 4) is 5.75 Å². The van der Waals surface area contributed by atoms with Crippen molar-refractivity contribution in [1.29, 1.82) is 0 Å². The quantitative estimate of drug-likeness (QED) is 0.711. The fourth-order valence-corrected chi connectivity index (χ4v) is 3.94. The minimum Gasteiger partial charge on any atom is -0.491 e. The number of nitrogens with zero attached hydrogens (tertiary/aromatic N) is 4. The molecule has 0 bridgehead atoms. The van der Waals surface area contributed by atoms with E-state index in [0.717, 1.165) is 0 Å². The minimum absolute atomic E-state index is 0.0904. The molecule has 0 saturated carbocycles. The van der Waals surface area contributed by atoms with Crippen LogP contribution < -0.4 is 10.1 Å². The van der Waals surface area contributed by atoms with Crippen LogP contribution in [0.4, 0.5) is 5.69 Å². The van der Waals surface area contributed by atoms with Crippen LogP contribution in [-0.2, 0) is 9.53 Å². The van der Waals surface area contributed by atoms with Crippen molar-refractivity contribution in [1.82, 2.24) is 19.8 Å². The van der Waals surface area contributed by atoms with Crippen LogP contribution in [0.15, 0.2) is 36.8 Å². The lowest BCUT2D eigenvalue weighted by Crippen LogP contribution is -2.48. The molecule has 1 aromatic carbocycles. The van der Waals surface area contributed by atoms with E-state index in [1.165, 1.54) is 18.6 Å². The van der Waals surface area contributed by atoms with Crippen LogP contribution in [0.25, 0.3) is 0 Å². The number of benzene rings is 1. The Bertz CT molecular complexity index is 1050. The van der Waals surface area contributed by atoms with Gasteiger partial charge in [-0.1, -0.05) is 13.8 Å². The summed E-state index contributed by atoms with van der Waals surface area (Å²) in [6.07, 6.45) is 4.45. The Morgan fingerprint density at radius 3 is 2.66 bits per heavy atom. The second-order valence-electron chi connectivity index (χ2n) is 8.76. The molecule has 10 nitrogen and oxygen atoms in total. The number of anilines is 1. The first-order valence-corrected chi connectivity index (χ1v) is 11.7. The lowest BCUT2D eigenvalue weighted by Gasteiger charge is -2.35. The van der Waals surface area contributed by atoms with Crippen LogP contribution in [0, 0.1) is 5.92 Å². The standard InChI is InChI=1S/C25H33N5O5/c1-6-23(31)28-18-7-8-21-19(11-18)24(32)29(4)14-22(34-5)16(2)13-30(17(3)15-35-21)25(33)20-12-26-9-10-27-20/h7-12,16-17,22H,6,13-15H2,1-5H3,(H,28,31)/t16-,17+,22+/m1/s1. The smallest absolute Gasteiger partial charge is 0.274 e. The van der Waals surface area contributed by atoms with E-state index in [9.17, 15) is 14.4 Å². The van der Waals surface area contributed by atoms with Gasteiger partial charge < -0.3 is 24.6 Å². The van der Waals surface area contributed by atoms with Gasteiger partial charge >= 0.3 is 0 Å². The number of rotatable bonds is 4.